The van der Waals surface area contributed by atoms with Crippen molar-refractivity contribution in [3.8, 4) is 11.5 Å². The highest BCUT2D eigenvalue weighted by molar-refractivity contribution is 5.90. The van der Waals surface area contributed by atoms with E-state index in [1.54, 1.807) is 0 Å². The van der Waals surface area contributed by atoms with Crippen LogP contribution in [0.25, 0.3) is 0 Å². The van der Waals surface area contributed by atoms with E-state index in [9.17, 15) is 23.6 Å². The summed E-state index contributed by atoms with van der Waals surface area (Å²) in [5, 5.41) is 0. The molecule has 0 amide bonds. The highest BCUT2D eigenvalue weighted by Crippen LogP contribution is 2.32. The molecular weight excluding hydrogens is 675 g/mol. The van der Waals surface area contributed by atoms with E-state index in [0.29, 0.717) is 35.8 Å². The Labute approximate surface area is 312 Å². The van der Waals surface area contributed by atoms with E-state index < -0.39 is 17.8 Å². The third-order valence-corrected chi connectivity index (χ3v) is 10.5. The zero-order valence-corrected chi connectivity index (χ0v) is 31.1. The SMILES string of the molecule is CCCc1ccc(C(=O)OC2CCC(CCC(=O)Oc3ccc(OC(=O)CCC4CCC(OC(=O)c5ccc(CCC)cc5)CC4)c(F)c3)CC2)cc1. The summed E-state index contributed by atoms with van der Waals surface area (Å²) in [6, 6.07) is 18.9. The second-order valence-corrected chi connectivity index (χ2v) is 14.6. The van der Waals surface area contributed by atoms with E-state index in [2.05, 4.69) is 13.8 Å². The number of hydrogen-bond donors (Lipinski definition) is 0. The van der Waals surface area contributed by atoms with Gasteiger partial charge in [-0.3, -0.25) is 9.59 Å². The number of esters is 4. The lowest BCUT2D eigenvalue weighted by molar-refractivity contribution is -0.136. The van der Waals surface area contributed by atoms with Crippen LogP contribution in [0.4, 0.5) is 4.39 Å². The van der Waals surface area contributed by atoms with Crippen molar-refractivity contribution in [1.29, 1.82) is 0 Å². The van der Waals surface area contributed by atoms with E-state index in [0.717, 1.165) is 83.1 Å². The fraction of sp³-hybridized carbons (Fsp3) is 0.500. The topological polar surface area (TPSA) is 105 Å². The van der Waals surface area contributed by atoms with Crippen molar-refractivity contribution in [2.24, 2.45) is 11.8 Å². The number of rotatable bonds is 16. The third kappa shape index (κ3) is 12.5. The van der Waals surface area contributed by atoms with Gasteiger partial charge in [0.15, 0.2) is 11.6 Å². The van der Waals surface area contributed by atoms with Crippen molar-refractivity contribution in [3.63, 3.8) is 0 Å². The van der Waals surface area contributed by atoms with Crippen molar-refractivity contribution >= 4 is 23.9 Å². The molecule has 9 heteroatoms. The van der Waals surface area contributed by atoms with E-state index >= 15 is 0 Å². The first-order valence-corrected chi connectivity index (χ1v) is 19.5. The summed E-state index contributed by atoms with van der Waals surface area (Å²) in [6.45, 7) is 4.24. The number of benzene rings is 3. The number of halogens is 1. The molecule has 0 heterocycles. The zero-order chi connectivity index (χ0) is 37.6. The Bertz CT molecular complexity index is 1650. The lowest BCUT2D eigenvalue weighted by Crippen LogP contribution is -2.25. The van der Waals surface area contributed by atoms with Crippen LogP contribution in [0.15, 0.2) is 66.7 Å². The first-order chi connectivity index (χ1) is 25.7. The zero-order valence-electron chi connectivity index (χ0n) is 31.1. The predicted molar refractivity (Wildman–Crippen MR) is 199 cm³/mol. The van der Waals surface area contributed by atoms with Gasteiger partial charge in [0.1, 0.15) is 18.0 Å². The van der Waals surface area contributed by atoms with Crippen molar-refractivity contribution in [3.05, 3.63) is 94.8 Å². The summed E-state index contributed by atoms with van der Waals surface area (Å²) in [6.07, 6.45) is 11.7. The summed E-state index contributed by atoms with van der Waals surface area (Å²) in [5.74, 6) is -1.92. The molecule has 0 radical (unpaired) electrons. The highest BCUT2D eigenvalue weighted by Gasteiger charge is 2.27. The summed E-state index contributed by atoms with van der Waals surface area (Å²) in [4.78, 5) is 50.2. The summed E-state index contributed by atoms with van der Waals surface area (Å²) >= 11 is 0. The average molecular weight is 729 g/mol. The molecule has 3 aromatic carbocycles. The van der Waals surface area contributed by atoms with Crippen LogP contribution < -0.4 is 9.47 Å². The Morgan fingerprint density at radius 1 is 0.585 bits per heavy atom. The van der Waals surface area contributed by atoms with Crippen LogP contribution in [0.5, 0.6) is 11.5 Å². The van der Waals surface area contributed by atoms with E-state index in [-0.39, 0.29) is 48.5 Å². The average Bonchev–Trinajstić information content (AvgIpc) is 3.16. The highest BCUT2D eigenvalue weighted by atomic mass is 19.1. The maximum atomic E-state index is 14.8. The molecule has 0 aliphatic heterocycles. The van der Waals surface area contributed by atoms with Crippen LogP contribution in [0.2, 0.25) is 0 Å². The molecule has 2 saturated carbocycles. The fourth-order valence-corrected chi connectivity index (χ4v) is 7.34. The van der Waals surface area contributed by atoms with Gasteiger partial charge in [0.05, 0.1) is 11.1 Å². The Kier molecular flexibility index (Phi) is 15.0. The number of carbonyl (C=O) groups excluding carboxylic acids is 4. The standard InChI is InChI=1S/C44H53FO8/c1-3-5-30-7-17-34(18-8-30)43(48)51-36-21-11-32(12-22-36)15-27-41(46)50-38-25-26-40(39(45)29-38)53-42(47)28-16-33-13-23-37(24-14-33)52-44(49)35-19-9-31(6-4-2)10-20-35/h7-10,17-20,25-26,29,32-33,36-37H,3-6,11-16,21-24,27-28H2,1-2H3. The molecule has 2 aliphatic carbocycles. The van der Waals surface area contributed by atoms with E-state index in [1.165, 1.54) is 23.3 Å². The van der Waals surface area contributed by atoms with Gasteiger partial charge in [0, 0.05) is 18.9 Å². The van der Waals surface area contributed by atoms with Gasteiger partial charge in [-0.15, -0.1) is 0 Å². The fourth-order valence-electron chi connectivity index (χ4n) is 7.34. The first kappa shape index (κ1) is 39.7. The summed E-state index contributed by atoms with van der Waals surface area (Å²) in [5.41, 5.74) is 3.53. The Morgan fingerprint density at radius 2 is 1.02 bits per heavy atom. The second-order valence-electron chi connectivity index (χ2n) is 14.6. The van der Waals surface area contributed by atoms with Gasteiger partial charge in [-0.25, -0.2) is 14.0 Å². The van der Waals surface area contributed by atoms with Crippen molar-refractivity contribution in [1.82, 2.24) is 0 Å². The van der Waals surface area contributed by atoms with Crippen molar-refractivity contribution < 1.29 is 42.5 Å². The number of hydrogen-bond acceptors (Lipinski definition) is 8. The van der Waals surface area contributed by atoms with E-state index in [1.807, 2.05) is 48.5 Å². The van der Waals surface area contributed by atoms with Crippen LogP contribution >= 0.6 is 0 Å². The minimum atomic E-state index is -0.782. The molecule has 3 aromatic rings. The summed E-state index contributed by atoms with van der Waals surface area (Å²) < 4.78 is 36.9. The molecule has 0 N–H and O–H groups in total. The number of ether oxygens (including phenoxy) is 4. The van der Waals surface area contributed by atoms with Gasteiger partial charge in [-0.05, 0) is 136 Å². The van der Waals surface area contributed by atoms with Crippen LogP contribution in [-0.2, 0) is 31.9 Å². The van der Waals surface area contributed by atoms with Gasteiger partial charge < -0.3 is 18.9 Å². The Balaban J connectivity index is 0.945. The van der Waals surface area contributed by atoms with Gasteiger partial charge in [-0.2, -0.15) is 0 Å². The smallest absolute Gasteiger partial charge is 0.338 e. The van der Waals surface area contributed by atoms with Gasteiger partial charge in [-0.1, -0.05) is 51.0 Å². The molecule has 0 spiro atoms. The molecular formula is C44H53FO8. The number of aryl methyl sites for hydroxylation is 2. The molecule has 53 heavy (non-hydrogen) atoms. The number of carbonyl (C=O) groups is 4. The lowest BCUT2D eigenvalue weighted by Gasteiger charge is -2.28. The van der Waals surface area contributed by atoms with Crippen LogP contribution in [0.3, 0.4) is 0 Å². The molecule has 8 nitrogen and oxygen atoms in total. The minimum Gasteiger partial charge on any atom is -0.459 e. The van der Waals surface area contributed by atoms with Crippen LogP contribution in [0, 0.1) is 17.7 Å². The van der Waals surface area contributed by atoms with Crippen molar-refractivity contribution in [2.45, 2.75) is 129 Å². The molecule has 2 aliphatic rings. The third-order valence-electron chi connectivity index (χ3n) is 10.5. The largest absolute Gasteiger partial charge is 0.459 e. The summed E-state index contributed by atoms with van der Waals surface area (Å²) in [7, 11) is 0. The molecule has 5 rings (SSSR count). The Hall–Kier alpha value is -4.53. The first-order valence-electron chi connectivity index (χ1n) is 19.5. The molecule has 0 saturated heterocycles. The lowest BCUT2D eigenvalue weighted by atomic mass is 9.84. The molecule has 284 valence electrons. The molecule has 0 unspecified atom stereocenters. The maximum absolute atomic E-state index is 14.8. The van der Waals surface area contributed by atoms with Crippen LogP contribution in [-0.4, -0.2) is 36.1 Å². The van der Waals surface area contributed by atoms with Gasteiger partial charge in [0.25, 0.3) is 0 Å². The Morgan fingerprint density at radius 3 is 1.43 bits per heavy atom. The van der Waals surface area contributed by atoms with E-state index in [4.69, 9.17) is 18.9 Å². The second kappa shape index (κ2) is 20.1. The molecule has 0 atom stereocenters. The van der Waals surface area contributed by atoms with Gasteiger partial charge in [0.2, 0.25) is 0 Å². The molecule has 0 bridgehead atoms. The van der Waals surface area contributed by atoms with Crippen LogP contribution in [0.1, 0.15) is 136 Å². The predicted octanol–water partition coefficient (Wildman–Crippen LogP) is 9.93. The monoisotopic (exact) mass is 728 g/mol. The molecule has 2 fully saturated rings. The normalized spacial score (nSPS) is 19.9. The maximum Gasteiger partial charge on any atom is 0.338 e. The quantitative estimate of drug-likeness (QED) is 0.106. The minimum absolute atomic E-state index is 0.0524. The molecule has 0 aromatic heterocycles. The van der Waals surface area contributed by atoms with Gasteiger partial charge >= 0.3 is 23.9 Å². The van der Waals surface area contributed by atoms with Crippen molar-refractivity contribution in [2.75, 3.05) is 0 Å².